The number of hydrogen-bond acceptors (Lipinski definition) is 7. The van der Waals surface area contributed by atoms with Gasteiger partial charge in [-0.05, 0) is 93.1 Å². The van der Waals surface area contributed by atoms with E-state index in [0.717, 1.165) is 30.3 Å². The summed E-state index contributed by atoms with van der Waals surface area (Å²) in [6.07, 6.45) is 12.9. The van der Waals surface area contributed by atoms with Crippen molar-refractivity contribution in [2.24, 2.45) is 11.8 Å². The lowest BCUT2D eigenvalue weighted by Gasteiger charge is -2.56. The summed E-state index contributed by atoms with van der Waals surface area (Å²) in [5, 5.41) is 23.4. The Morgan fingerprint density at radius 3 is 2.24 bits per heavy atom. The molecule has 240 valence electrons. The van der Waals surface area contributed by atoms with E-state index in [1.54, 1.807) is 19.1 Å². The molecule has 2 fully saturated rings. The highest BCUT2D eigenvalue weighted by atomic mass is 16.6. The van der Waals surface area contributed by atoms with E-state index < -0.39 is 28.5 Å². The Bertz CT molecular complexity index is 1620. The molecule has 1 spiro atoms. The first-order chi connectivity index (χ1) is 21.1. The van der Waals surface area contributed by atoms with Crippen molar-refractivity contribution in [3.8, 4) is 17.2 Å². The minimum atomic E-state index is -1.55. The molecule has 0 aromatic heterocycles. The number of phenolic OH excluding ortho intramolecular Hbond substituents is 2. The molecule has 1 saturated carbocycles. The van der Waals surface area contributed by atoms with Crippen LogP contribution in [0.15, 0.2) is 58.2 Å². The molecule has 2 aliphatic heterocycles. The second-order valence-electron chi connectivity index (χ2n) is 14.2. The van der Waals surface area contributed by atoms with Gasteiger partial charge < -0.3 is 19.7 Å². The SMILES string of the molecule is CC(C)=CCC/C(C)=C/Cc1c(O)c(CC=C(C)C)c2c(c1O)C(=O)C1=CC3CC4C(C)(C)OC(CC=C(C)C=O)(C3=O)C14O2. The highest BCUT2D eigenvalue weighted by Gasteiger charge is 2.81. The molecule has 4 atom stereocenters. The van der Waals surface area contributed by atoms with Crippen LogP contribution in [-0.4, -0.2) is 44.9 Å². The smallest absolute Gasteiger partial charge is 0.200 e. The molecule has 1 saturated heterocycles. The summed E-state index contributed by atoms with van der Waals surface area (Å²) in [6, 6.07) is 0. The lowest BCUT2D eigenvalue weighted by atomic mass is 9.51. The Kier molecular flexibility index (Phi) is 8.41. The maximum Gasteiger partial charge on any atom is 0.200 e. The van der Waals surface area contributed by atoms with Gasteiger partial charge in [0, 0.05) is 35.0 Å². The van der Waals surface area contributed by atoms with Crippen LogP contribution in [0.25, 0.3) is 0 Å². The minimum Gasteiger partial charge on any atom is -0.507 e. The van der Waals surface area contributed by atoms with Gasteiger partial charge in [0.2, 0.25) is 0 Å². The molecule has 4 bridgehead atoms. The van der Waals surface area contributed by atoms with Crippen LogP contribution in [0.3, 0.4) is 0 Å². The van der Waals surface area contributed by atoms with E-state index in [9.17, 15) is 24.6 Å². The van der Waals surface area contributed by atoms with Crippen molar-refractivity contribution in [3.63, 3.8) is 0 Å². The van der Waals surface area contributed by atoms with Gasteiger partial charge in [-0.1, -0.05) is 47.1 Å². The van der Waals surface area contributed by atoms with Gasteiger partial charge in [-0.3, -0.25) is 14.4 Å². The molecule has 1 aromatic rings. The molecule has 5 aliphatic rings. The Morgan fingerprint density at radius 1 is 0.933 bits per heavy atom. The number of allylic oxidation sites excluding steroid dienone is 8. The predicted molar refractivity (Wildman–Crippen MR) is 174 cm³/mol. The maximum atomic E-state index is 14.7. The van der Waals surface area contributed by atoms with Crippen LogP contribution in [0.2, 0.25) is 0 Å². The van der Waals surface area contributed by atoms with Gasteiger partial charge in [-0.2, -0.15) is 0 Å². The van der Waals surface area contributed by atoms with Gasteiger partial charge in [-0.25, -0.2) is 0 Å². The van der Waals surface area contributed by atoms with Crippen LogP contribution in [0, 0.1) is 11.8 Å². The topological polar surface area (TPSA) is 110 Å². The van der Waals surface area contributed by atoms with Crippen LogP contribution in [-0.2, 0) is 27.2 Å². The monoisotopic (exact) mass is 614 g/mol. The molecule has 0 radical (unpaired) electrons. The molecule has 3 aliphatic carbocycles. The first kappa shape index (κ1) is 32.7. The number of ether oxygens (including phenoxy) is 2. The molecular formula is C38H46O7. The van der Waals surface area contributed by atoms with Crippen LogP contribution >= 0.6 is 0 Å². The number of benzene rings is 1. The molecule has 7 nitrogen and oxygen atoms in total. The van der Waals surface area contributed by atoms with Crippen LogP contribution in [0.4, 0.5) is 0 Å². The summed E-state index contributed by atoms with van der Waals surface area (Å²) in [5.74, 6) is -1.83. The Balaban J connectivity index is 1.71. The van der Waals surface area contributed by atoms with Gasteiger partial charge >= 0.3 is 0 Å². The number of aromatic hydroxyl groups is 2. The number of Topliss-reactive ketones (excluding diaryl/α,β-unsaturated/α-hetero) is 2. The van der Waals surface area contributed by atoms with E-state index in [1.807, 2.05) is 46.8 Å². The predicted octanol–water partition coefficient (Wildman–Crippen LogP) is 7.38. The van der Waals surface area contributed by atoms with E-state index in [4.69, 9.17) is 9.47 Å². The Morgan fingerprint density at radius 2 is 1.60 bits per heavy atom. The molecular weight excluding hydrogens is 568 g/mol. The van der Waals surface area contributed by atoms with E-state index >= 15 is 0 Å². The summed E-state index contributed by atoms with van der Waals surface area (Å²) in [6.45, 7) is 15.5. The number of phenols is 2. The highest BCUT2D eigenvalue weighted by molar-refractivity contribution is 6.18. The lowest BCUT2D eigenvalue weighted by molar-refractivity contribution is -0.171. The fourth-order valence-electron chi connectivity index (χ4n) is 7.77. The molecule has 7 heteroatoms. The van der Waals surface area contributed by atoms with Crippen LogP contribution < -0.4 is 4.74 Å². The average Bonchev–Trinajstić information content (AvgIpc) is 3.12. The molecule has 1 aromatic carbocycles. The standard InChI is InChI=1S/C38H46O7/c1-21(2)10-9-11-23(5)13-15-26-31(40)27(14-12-22(3)4)34-30(32(26)41)33(42)28-18-25-19-29-36(7,8)45-37(35(25)43,38(28,29)44-34)17-16-24(6)20-39/h10,12-13,16,18,20,25,29,40-41H,9,11,14-15,17,19H2,1-8H3/b23-13+,24-16?. The van der Waals surface area contributed by atoms with Gasteiger partial charge in [0.15, 0.2) is 22.8 Å². The fraction of sp³-hybridized carbons (Fsp3) is 0.500. The zero-order valence-corrected chi connectivity index (χ0v) is 27.8. The number of rotatable bonds is 10. The number of hydrogen-bond donors (Lipinski definition) is 2. The second-order valence-corrected chi connectivity index (χ2v) is 14.2. The molecule has 6 rings (SSSR count). The number of carbonyl (C=O) groups excluding carboxylic acids is 3. The zero-order valence-electron chi connectivity index (χ0n) is 27.8. The summed E-state index contributed by atoms with van der Waals surface area (Å²) < 4.78 is 13.7. The normalized spacial score (nSPS) is 27.8. The third kappa shape index (κ3) is 5.04. The Hall–Kier alpha value is -3.71. The van der Waals surface area contributed by atoms with Crippen LogP contribution in [0.1, 0.15) is 103 Å². The van der Waals surface area contributed by atoms with E-state index in [0.29, 0.717) is 23.1 Å². The zero-order chi connectivity index (χ0) is 33.1. The van der Waals surface area contributed by atoms with Crippen molar-refractivity contribution >= 4 is 17.9 Å². The number of ketones is 2. The third-order valence-electron chi connectivity index (χ3n) is 10.0. The first-order valence-corrected chi connectivity index (χ1v) is 16.0. The van der Waals surface area contributed by atoms with E-state index in [1.165, 1.54) is 5.57 Å². The first-order valence-electron chi connectivity index (χ1n) is 16.0. The summed E-state index contributed by atoms with van der Waals surface area (Å²) in [5.41, 5.74) is 0.953. The van der Waals surface area contributed by atoms with E-state index in [2.05, 4.69) is 19.9 Å². The number of fused-ring (bicyclic) bond motifs is 1. The second kappa shape index (κ2) is 11.6. The fourth-order valence-corrected chi connectivity index (χ4v) is 7.77. The van der Waals surface area contributed by atoms with Gasteiger partial charge in [0.25, 0.3) is 0 Å². The van der Waals surface area contributed by atoms with Crippen molar-refractivity contribution < 1.29 is 34.1 Å². The minimum absolute atomic E-state index is 0.0133. The lowest BCUT2D eigenvalue weighted by Crippen LogP contribution is -2.72. The van der Waals surface area contributed by atoms with Crippen molar-refractivity contribution in [2.75, 3.05) is 0 Å². The highest BCUT2D eigenvalue weighted by Crippen LogP contribution is 2.68. The molecule has 2 heterocycles. The summed E-state index contributed by atoms with van der Waals surface area (Å²) >= 11 is 0. The molecule has 4 unspecified atom stereocenters. The average molecular weight is 615 g/mol. The van der Waals surface area contributed by atoms with Gasteiger partial charge in [0.1, 0.15) is 29.1 Å². The van der Waals surface area contributed by atoms with E-state index in [-0.39, 0.29) is 59.3 Å². The number of carbonyl (C=O) groups is 3. The summed E-state index contributed by atoms with van der Waals surface area (Å²) in [4.78, 5) is 40.4. The number of aldehydes is 1. The van der Waals surface area contributed by atoms with Gasteiger partial charge in [-0.15, -0.1) is 0 Å². The van der Waals surface area contributed by atoms with Crippen molar-refractivity contribution in [1.82, 2.24) is 0 Å². The summed E-state index contributed by atoms with van der Waals surface area (Å²) in [7, 11) is 0. The molecule has 0 amide bonds. The maximum absolute atomic E-state index is 14.7. The molecule has 45 heavy (non-hydrogen) atoms. The quantitative estimate of drug-likeness (QED) is 0.161. The largest absolute Gasteiger partial charge is 0.507 e. The molecule has 2 N–H and O–H groups in total. The van der Waals surface area contributed by atoms with Crippen molar-refractivity contribution in [2.45, 2.75) is 111 Å². The van der Waals surface area contributed by atoms with Crippen molar-refractivity contribution in [3.05, 3.63) is 74.9 Å². The Labute approximate surface area is 266 Å². The van der Waals surface area contributed by atoms with Crippen molar-refractivity contribution in [1.29, 1.82) is 0 Å². The third-order valence-corrected chi connectivity index (χ3v) is 10.0. The van der Waals surface area contributed by atoms with Crippen LogP contribution in [0.5, 0.6) is 17.2 Å². The van der Waals surface area contributed by atoms with Gasteiger partial charge in [0.05, 0.1) is 5.60 Å².